The predicted molar refractivity (Wildman–Crippen MR) is 59.4 cm³/mol. The van der Waals surface area contributed by atoms with Gasteiger partial charge in [-0.05, 0) is 17.7 Å². The number of nitrogen functional groups attached to an aromatic ring is 1. The van der Waals surface area contributed by atoms with Crippen molar-refractivity contribution in [3.63, 3.8) is 0 Å². The zero-order valence-corrected chi connectivity index (χ0v) is 8.84. The standard InChI is InChI=1S/C9H8BrN3O/c10-4-5-1-2-7-6(3-5)8(14)13-9(11)12-7/h1-3H,4H2,(H3,11,12,13,14). The molecule has 1 heterocycles. The Morgan fingerprint density at radius 3 is 3.00 bits per heavy atom. The molecule has 0 spiro atoms. The van der Waals surface area contributed by atoms with Crippen LogP contribution in [0.15, 0.2) is 23.0 Å². The predicted octanol–water partition coefficient (Wildman–Crippen LogP) is 1.40. The summed E-state index contributed by atoms with van der Waals surface area (Å²) < 4.78 is 0. The maximum Gasteiger partial charge on any atom is 0.260 e. The van der Waals surface area contributed by atoms with Gasteiger partial charge in [0.2, 0.25) is 5.95 Å². The van der Waals surface area contributed by atoms with E-state index in [2.05, 4.69) is 25.9 Å². The summed E-state index contributed by atoms with van der Waals surface area (Å²) in [5.74, 6) is 0.147. The van der Waals surface area contributed by atoms with Crippen LogP contribution in [-0.2, 0) is 5.33 Å². The third kappa shape index (κ3) is 1.50. The molecule has 0 atom stereocenters. The van der Waals surface area contributed by atoms with E-state index in [-0.39, 0.29) is 11.5 Å². The highest BCUT2D eigenvalue weighted by Crippen LogP contribution is 2.12. The number of H-pyrrole nitrogens is 1. The lowest BCUT2D eigenvalue weighted by molar-refractivity contribution is 1.19. The van der Waals surface area contributed by atoms with Gasteiger partial charge in [0.05, 0.1) is 10.9 Å². The number of fused-ring (bicyclic) bond motifs is 1. The van der Waals surface area contributed by atoms with Gasteiger partial charge < -0.3 is 5.73 Å². The van der Waals surface area contributed by atoms with Gasteiger partial charge in [-0.15, -0.1) is 0 Å². The van der Waals surface area contributed by atoms with Crippen LogP contribution in [0.3, 0.4) is 0 Å². The summed E-state index contributed by atoms with van der Waals surface area (Å²) in [5.41, 5.74) is 6.88. The van der Waals surface area contributed by atoms with Crippen molar-refractivity contribution in [1.82, 2.24) is 9.97 Å². The third-order valence-electron chi connectivity index (χ3n) is 1.94. The van der Waals surface area contributed by atoms with Crippen LogP contribution in [0.25, 0.3) is 10.9 Å². The number of anilines is 1. The van der Waals surface area contributed by atoms with Crippen LogP contribution < -0.4 is 11.3 Å². The van der Waals surface area contributed by atoms with E-state index in [0.29, 0.717) is 16.2 Å². The molecule has 0 unspecified atom stereocenters. The second-order valence-electron chi connectivity index (χ2n) is 2.94. The normalized spacial score (nSPS) is 10.6. The number of nitrogens with one attached hydrogen (secondary N) is 1. The summed E-state index contributed by atoms with van der Waals surface area (Å²) in [6, 6.07) is 5.50. The summed E-state index contributed by atoms with van der Waals surface area (Å²) in [6.07, 6.45) is 0. The lowest BCUT2D eigenvalue weighted by Crippen LogP contribution is -2.11. The molecule has 0 aliphatic heterocycles. The molecule has 0 radical (unpaired) electrons. The van der Waals surface area contributed by atoms with Crippen LogP contribution in [0.4, 0.5) is 5.95 Å². The van der Waals surface area contributed by atoms with Crippen LogP contribution >= 0.6 is 15.9 Å². The van der Waals surface area contributed by atoms with E-state index in [1.165, 1.54) is 0 Å². The average Bonchev–Trinajstić information content (AvgIpc) is 2.17. The van der Waals surface area contributed by atoms with Crippen molar-refractivity contribution < 1.29 is 0 Å². The number of rotatable bonds is 1. The Hall–Kier alpha value is -1.36. The molecule has 1 aromatic carbocycles. The van der Waals surface area contributed by atoms with Gasteiger partial charge in [-0.2, -0.15) is 0 Å². The first-order chi connectivity index (χ1) is 6.70. The zero-order chi connectivity index (χ0) is 10.1. The van der Waals surface area contributed by atoms with E-state index in [0.717, 1.165) is 5.56 Å². The second-order valence-corrected chi connectivity index (χ2v) is 3.50. The Balaban J connectivity index is 2.82. The molecule has 4 nitrogen and oxygen atoms in total. The topological polar surface area (TPSA) is 71.8 Å². The molecule has 14 heavy (non-hydrogen) atoms. The number of alkyl halides is 1. The molecule has 0 amide bonds. The number of aromatic nitrogens is 2. The Kier molecular flexibility index (Phi) is 2.25. The van der Waals surface area contributed by atoms with E-state index in [1.807, 2.05) is 6.07 Å². The fourth-order valence-corrected chi connectivity index (χ4v) is 1.64. The highest BCUT2D eigenvalue weighted by molar-refractivity contribution is 9.08. The van der Waals surface area contributed by atoms with Crippen LogP contribution in [0.1, 0.15) is 5.56 Å². The first-order valence-electron chi connectivity index (χ1n) is 4.05. The SMILES string of the molecule is Nc1nc2ccc(CBr)cc2c(=O)[nH]1. The molecule has 1 aromatic heterocycles. The van der Waals surface area contributed by atoms with E-state index in [4.69, 9.17) is 5.73 Å². The van der Waals surface area contributed by atoms with E-state index in [1.54, 1.807) is 12.1 Å². The van der Waals surface area contributed by atoms with Crippen molar-refractivity contribution in [1.29, 1.82) is 0 Å². The Labute approximate surface area is 88.3 Å². The van der Waals surface area contributed by atoms with Crippen molar-refractivity contribution in [2.45, 2.75) is 5.33 Å². The number of nitrogens with zero attached hydrogens (tertiary/aromatic N) is 1. The molecule has 72 valence electrons. The van der Waals surface area contributed by atoms with E-state index >= 15 is 0 Å². The van der Waals surface area contributed by atoms with Gasteiger partial charge in [0.15, 0.2) is 0 Å². The van der Waals surface area contributed by atoms with Crippen LogP contribution in [0.2, 0.25) is 0 Å². The number of hydrogen-bond acceptors (Lipinski definition) is 3. The molecule has 5 heteroatoms. The Morgan fingerprint density at radius 1 is 1.50 bits per heavy atom. The van der Waals surface area contributed by atoms with Gasteiger partial charge in [0.25, 0.3) is 5.56 Å². The number of benzene rings is 1. The molecule has 2 rings (SSSR count). The summed E-state index contributed by atoms with van der Waals surface area (Å²) >= 11 is 3.32. The van der Waals surface area contributed by atoms with Gasteiger partial charge >= 0.3 is 0 Å². The first kappa shape index (κ1) is 9.21. The monoisotopic (exact) mass is 253 g/mol. The van der Waals surface area contributed by atoms with Crippen molar-refractivity contribution in [3.8, 4) is 0 Å². The minimum atomic E-state index is -0.199. The van der Waals surface area contributed by atoms with E-state index < -0.39 is 0 Å². The highest BCUT2D eigenvalue weighted by atomic mass is 79.9. The van der Waals surface area contributed by atoms with Crippen molar-refractivity contribution in [2.75, 3.05) is 5.73 Å². The molecule has 2 aromatic rings. The minimum Gasteiger partial charge on any atom is -0.369 e. The van der Waals surface area contributed by atoms with E-state index in [9.17, 15) is 4.79 Å². The Bertz CT molecular complexity index is 535. The van der Waals surface area contributed by atoms with Gasteiger partial charge in [-0.25, -0.2) is 4.98 Å². The summed E-state index contributed by atoms with van der Waals surface area (Å²) in [7, 11) is 0. The van der Waals surface area contributed by atoms with Gasteiger partial charge in [0, 0.05) is 5.33 Å². The van der Waals surface area contributed by atoms with Crippen LogP contribution in [0, 0.1) is 0 Å². The zero-order valence-electron chi connectivity index (χ0n) is 7.25. The minimum absolute atomic E-state index is 0.147. The summed E-state index contributed by atoms with van der Waals surface area (Å²) in [5, 5.41) is 1.28. The Morgan fingerprint density at radius 2 is 2.29 bits per heavy atom. The molecule has 0 aliphatic carbocycles. The molecule has 0 bridgehead atoms. The second kappa shape index (κ2) is 3.42. The number of aromatic amines is 1. The molecular formula is C9H8BrN3O. The molecule has 0 fully saturated rings. The van der Waals surface area contributed by atoms with Gasteiger partial charge in [0.1, 0.15) is 0 Å². The molecular weight excluding hydrogens is 246 g/mol. The van der Waals surface area contributed by atoms with Crippen LogP contribution in [-0.4, -0.2) is 9.97 Å². The maximum atomic E-state index is 11.5. The number of halogens is 1. The first-order valence-corrected chi connectivity index (χ1v) is 5.17. The summed E-state index contributed by atoms with van der Waals surface area (Å²) in [4.78, 5) is 18.0. The maximum absolute atomic E-state index is 11.5. The number of nitrogens with two attached hydrogens (primary N) is 1. The van der Waals surface area contributed by atoms with Crippen LogP contribution in [0.5, 0.6) is 0 Å². The van der Waals surface area contributed by atoms with Crippen molar-refractivity contribution in [3.05, 3.63) is 34.1 Å². The molecule has 0 saturated carbocycles. The fourth-order valence-electron chi connectivity index (χ4n) is 1.29. The van der Waals surface area contributed by atoms with Crippen molar-refractivity contribution >= 4 is 32.8 Å². The van der Waals surface area contributed by atoms with Gasteiger partial charge in [-0.3, -0.25) is 9.78 Å². The quantitative estimate of drug-likeness (QED) is 0.755. The molecule has 3 N–H and O–H groups in total. The molecule has 0 aliphatic rings. The highest BCUT2D eigenvalue weighted by Gasteiger charge is 2.02. The third-order valence-corrected chi connectivity index (χ3v) is 2.59. The summed E-state index contributed by atoms with van der Waals surface area (Å²) in [6.45, 7) is 0. The van der Waals surface area contributed by atoms with Crippen molar-refractivity contribution in [2.24, 2.45) is 0 Å². The molecule has 0 saturated heterocycles. The fraction of sp³-hybridized carbons (Fsp3) is 0.111. The largest absolute Gasteiger partial charge is 0.369 e. The van der Waals surface area contributed by atoms with Gasteiger partial charge in [-0.1, -0.05) is 22.0 Å². The number of hydrogen-bond donors (Lipinski definition) is 2. The lowest BCUT2D eigenvalue weighted by Gasteiger charge is -2.00. The average molecular weight is 254 g/mol. The smallest absolute Gasteiger partial charge is 0.260 e. The lowest BCUT2D eigenvalue weighted by atomic mass is 10.2.